The van der Waals surface area contributed by atoms with E-state index < -0.39 is 0 Å². The zero-order valence-electron chi connectivity index (χ0n) is 10.1. The third-order valence-electron chi connectivity index (χ3n) is 2.65. The highest BCUT2D eigenvalue weighted by atomic mass is 79.9. The first-order valence-electron chi connectivity index (χ1n) is 5.47. The van der Waals surface area contributed by atoms with Crippen LogP contribution in [0.1, 0.15) is 11.1 Å². The molecular weight excluding hydrogens is 314 g/mol. The molecule has 0 spiro atoms. The van der Waals surface area contributed by atoms with E-state index in [1.54, 1.807) is 6.07 Å². The zero-order valence-corrected chi connectivity index (χ0v) is 12.5. The number of anilines is 1. The number of rotatable bonds is 2. The summed E-state index contributed by atoms with van der Waals surface area (Å²) in [4.78, 5) is 0. The van der Waals surface area contributed by atoms with Crippen molar-refractivity contribution >= 4 is 33.2 Å². The van der Waals surface area contributed by atoms with Gasteiger partial charge in [0.25, 0.3) is 0 Å². The Morgan fingerprint density at radius 3 is 2.50 bits per heavy atom. The van der Waals surface area contributed by atoms with Gasteiger partial charge in [0.15, 0.2) is 0 Å². The molecule has 0 aliphatic heterocycles. The first-order valence-corrected chi connectivity index (χ1v) is 6.64. The fourth-order valence-corrected chi connectivity index (χ4v) is 2.00. The Labute approximate surface area is 120 Å². The van der Waals surface area contributed by atoms with Crippen molar-refractivity contribution in [3.8, 4) is 11.5 Å². The number of aryl methyl sites for hydroxylation is 2. The van der Waals surface area contributed by atoms with Gasteiger partial charge in [-0.25, -0.2) is 0 Å². The van der Waals surface area contributed by atoms with Crippen LogP contribution >= 0.6 is 27.5 Å². The molecule has 2 aromatic rings. The molecule has 0 aliphatic carbocycles. The lowest BCUT2D eigenvalue weighted by atomic mass is 10.2. The number of hydrogen-bond acceptors (Lipinski definition) is 2. The largest absolute Gasteiger partial charge is 0.457 e. The number of benzene rings is 2. The lowest BCUT2D eigenvalue weighted by molar-refractivity contribution is 0.478. The van der Waals surface area contributed by atoms with Crippen molar-refractivity contribution in [2.75, 3.05) is 5.73 Å². The molecule has 94 valence electrons. The summed E-state index contributed by atoms with van der Waals surface area (Å²) in [6.45, 7) is 3.95. The lowest BCUT2D eigenvalue weighted by Crippen LogP contribution is -1.92. The quantitative estimate of drug-likeness (QED) is 0.780. The Kier molecular flexibility index (Phi) is 3.83. The highest BCUT2D eigenvalue weighted by Gasteiger charge is 2.06. The summed E-state index contributed by atoms with van der Waals surface area (Å²) in [7, 11) is 0. The maximum atomic E-state index is 6.00. The molecule has 0 saturated carbocycles. The minimum atomic E-state index is 0.504. The summed E-state index contributed by atoms with van der Waals surface area (Å²) in [6, 6.07) is 9.38. The van der Waals surface area contributed by atoms with Crippen LogP contribution in [0.25, 0.3) is 0 Å². The van der Waals surface area contributed by atoms with Gasteiger partial charge in [-0.15, -0.1) is 0 Å². The van der Waals surface area contributed by atoms with Crippen molar-refractivity contribution in [3.05, 3.63) is 51.0 Å². The first kappa shape index (κ1) is 13.2. The van der Waals surface area contributed by atoms with Gasteiger partial charge in [-0.1, -0.05) is 27.5 Å². The van der Waals surface area contributed by atoms with Crippen LogP contribution in [-0.4, -0.2) is 0 Å². The number of halogens is 2. The van der Waals surface area contributed by atoms with Gasteiger partial charge in [-0.2, -0.15) is 0 Å². The van der Waals surface area contributed by atoms with Crippen molar-refractivity contribution in [3.63, 3.8) is 0 Å². The highest BCUT2D eigenvalue weighted by Crippen LogP contribution is 2.32. The van der Waals surface area contributed by atoms with Gasteiger partial charge < -0.3 is 10.5 Å². The average molecular weight is 327 g/mol. The van der Waals surface area contributed by atoms with Gasteiger partial charge in [0, 0.05) is 10.5 Å². The molecule has 0 radical (unpaired) electrons. The summed E-state index contributed by atoms with van der Waals surface area (Å²) in [6.07, 6.45) is 0. The van der Waals surface area contributed by atoms with E-state index >= 15 is 0 Å². The topological polar surface area (TPSA) is 35.2 Å². The van der Waals surface area contributed by atoms with E-state index in [0.29, 0.717) is 10.7 Å². The molecule has 4 heteroatoms. The maximum Gasteiger partial charge on any atom is 0.131 e. The van der Waals surface area contributed by atoms with Gasteiger partial charge in [0.05, 0.1) is 10.7 Å². The lowest BCUT2D eigenvalue weighted by Gasteiger charge is -2.11. The van der Waals surface area contributed by atoms with E-state index in [1.165, 1.54) is 0 Å². The van der Waals surface area contributed by atoms with Gasteiger partial charge in [0.2, 0.25) is 0 Å². The van der Waals surface area contributed by atoms with Gasteiger partial charge in [-0.3, -0.25) is 0 Å². The Balaban J connectivity index is 2.34. The number of nitrogens with two attached hydrogens (primary N) is 1. The molecule has 2 aromatic carbocycles. The molecule has 0 heterocycles. The van der Waals surface area contributed by atoms with Crippen molar-refractivity contribution in [1.82, 2.24) is 0 Å². The van der Waals surface area contributed by atoms with Gasteiger partial charge >= 0.3 is 0 Å². The Bertz CT molecular complexity index is 599. The predicted octanol–water partition coefficient (Wildman–Crippen LogP) is 5.09. The van der Waals surface area contributed by atoms with Gasteiger partial charge in [0.1, 0.15) is 11.5 Å². The molecule has 0 saturated heterocycles. The summed E-state index contributed by atoms with van der Waals surface area (Å²) < 4.78 is 6.88. The molecule has 0 fully saturated rings. The zero-order chi connectivity index (χ0) is 13.3. The van der Waals surface area contributed by atoms with Crippen LogP contribution in [0.15, 0.2) is 34.8 Å². The summed E-state index contributed by atoms with van der Waals surface area (Å²) in [5, 5.41) is 0.504. The molecule has 0 aliphatic rings. The Morgan fingerprint density at radius 1 is 1.11 bits per heavy atom. The molecular formula is C14H13BrClNO. The standard InChI is InChI=1S/C14H13BrClNO/c1-8-5-10(3-4-11(8)15)18-14-7-12(16)13(17)6-9(14)2/h3-7H,17H2,1-2H3. The normalized spacial score (nSPS) is 10.4. The molecule has 2 N–H and O–H groups in total. The Morgan fingerprint density at radius 2 is 1.83 bits per heavy atom. The van der Waals surface area contributed by atoms with Crippen LogP contribution in [0.2, 0.25) is 5.02 Å². The van der Waals surface area contributed by atoms with Crippen LogP contribution in [0.5, 0.6) is 11.5 Å². The monoisotopic (exact) mass is 325 g/mol. The fourth-order valence-electron chi connectivity index (χ4n) is 1.60. The molecule has 2 nitrogen and oxygen atoms in total. The predicted molar refractivity (Wildman–Crippen MR) is 79.6 cm³/mol. The van der Waals surface area contributed by atoms with E-state index in [0.717, 1.165) is 27.1 Å². The molecule has 0 bridgehead atoms. The van der Waals surface area contributed by atoms with Crippen molar-refractivity contribution in [1.29, 1.82) is 0 Å². The summed E-state index contributed by atoms with van der Waals surface area (Å²) in [5.74, 6) is 1.50. The van der Waals surface area contributed by atoms with E-state index in [9.17, 15) is 0 Å². The minimum absolute atomic E-state index is 0.504. The smallest absolute Gasteiger partial charge is 0.131 e. The van der Waals surface area contributed by atoms with Crippen molar-refractivity contribution in [2.45, 2.75) is 13.8 Å². The van der Waals surface area contributed by atoms with E-state index in [2.05, 4.69) is 15.9 Å². The van der Waals surface area contributed by atoms with Crippen molar-refractivity contribution < 1.29 is 4.74 Å². The minimum Gasteiger partial charge on any atom is -0.457 e. The van der Waals surface area contributed by atoms with E-state index in [4.69, 9.17) is 22.1 Å². The van der Waals surface area contributed by atoms with Crippen molar-refractivity contribution in [2.24, 2.45) is 0 Å². The summed E-state index contributed by atoms with van der Waals surface area (Å²) in [5.41, 5.74) is 8.37. The van der Waals surface area contributed by atoms with Crippen LogP contribution in [-0.2, 0) is 0 Å². The SMILES string of the molecule is Cc1cc(Oc2cc(Cl)c(N)cc2C)ccc1Br. The first-order chi connectivity index (χ1) is 8.47. The van der Waals surface area contributed by atoms with Crippen LogP contribution in [0, 0.1) is 13.8 Å². The molecule has 2 rings (SSSR count). The summed E-state index contributed by atoms with van der Waals surface area (Å²) >= 11 is 9.45. The Hall–Kier alpha value is -1.19. The van der Waals surface area contributed by atoms with Gasteiger partial charge in [-0.05, 0) is 49.2 Å². The third-order valence-corrected chi connectivity index (χ3v) is 3.87. The maximum absolute atomic E-state index is 6.00. The second kappa shape index (κ2) is 5.21. The molecule has 0 aromatic heterocycles. The van der Waals surface area contributed by atoms with E-state index in [1.807, 2.05) is 38.1 Å². The molecule has 0 unspecified atom stereocenters. The molecule has 0 amide bonds. The number of nitrogen functional groups attached to an aromatic ring is 1. The number of ether oxygens (including phenoxy) is 1. The van der Waals surface area contributed by atoms with E-state index in [-0.39, 0.29) is 0 Å². The van der Waals surface area contributed by atoms with Crippen LogP contribution < -0.4 is 10.5 Å². The second-order valence-corrected chi connectivity index (χ2v) is 5.41. The fraction of sp³-hybridized carbons (Fsp3) is 0.143. The molecule has 18 heavy (non-hydrogen) atoms. The second-order valence-electron chi connectivity index (χ2n) is 4.15. The average Bonchev–Trinajstić information content (AvgIpc) is 2.31. The third kappa shape index (κ3) is 2.79. The van der Waals surface area contributed by atoms with Crippen LogP contribution in [0.4, 0.5) is 5.69 Å². The number of hydrogen-bond donors (Lipinski definition) is 1. The van der Waals surface area contributed by atoms with Crippen LogP contribution in [0.3, 0.4) is 0 Å². The molecule has 0 atom stereocenters. The highest BCUT2D eigenvalue weighted by molar-refractivity contribution is 9.10.